The number of dihydropyridines is 1. The van der Waals surface area contributed by atoms with Crippen molar-refractivity contribution in [1.29, 1.82) is 0 Å². The number of allylic oxidation sites excluding steroid dienone is 1. The molecular weight excluding hydrogens is 198 g/mol. The first kappa shape index (κ1) is 11.4. The van der Waals surface area contributed by atoms with Crippen LogP contribution in [0.3, 0.4) is 0 Å². The highest BCUT2D eigenvalue weighted by atomic mass is 32.2. The third-order valence-electron chi connectivity index (χ3n) is 2.18. The van der Waals surface area contributed by atoms with Gasteiger partial charge in [0.15, 0.2) is 9.84 Å². The molecule has 1 rings (SSSR count). The molecule has 0 bridgehead atoms. The Morgan fingerprint density at radius 1 is 1.50 bits per heavy atom. The molecule has 0 aromatic carbocycles. The molecule has 1 unspecified atom stereocenters. The van der Waals surface area contributed by atoms with Crippen LogP contribution in [0.2, 0.25) is 0 Å². The van der Waals surface area contributed by atoms with Crippen LogP contribution >= 0.6 is 0 Å². The van der Waals surface area contributed by atoms with Crippen LogP contribution in [0.25, 0.3) is 0 Å². The summed E-state index contributed by atoms with van der Waals surface area (Å²) >= 11 is 0. The maximum atomic E-state index is 11.6. The zero-order chi connectivity index (χ0) is 10.4. The topological polar surface area (TPSA) is 46.5 Å². The van der Waals surface area contributed by atoms with Crippen molar-refractivity contribution in [2.45, 2.75) is 32.2 Å². The Bertz CT molecular complexity index is 317. The van der Waals surface area contributed by atoms with E-state index in [0.29, 0.717) is 5.75 Å². The van der Waals surface area contributed by atoms with Crippen LogP contribution in [0.4, 0.5) is 0 Å². The number of hydrogen-bond acceptors (Lipinski definition) is 3. The normalized spacial score (nSPS) is 21.4. The molecule has 1 aliphatic rings. The minimum atomic E-state index is -2.89. The third-order valence-corrected chi connectivity index (χ3v) is 3.99. The molecule has 0 aromatic heterocycles. The number of aliphatic imine (C=N–C) groups is 1. The Hall–Kier alpha value is -0.640. The zero-order valence-electron chi connectivity index (χ0n) is 8.52. The molecule has 0 aliphatic carbocycles. The van der Waals surface area contributed by atoms with Crippen molar-refractivity contribution >= 4 is 16.1 Å². The Kier molecular flexibility index (Phi) is 4.32. The van der Waals surface area contributed by atoms with E-state index in [4.69, 9.17) is 0 Å². The van der Waals surface area contributed by atoms with Crippen molar-refractivity contribution in [1.82, 2.24) is 0 Å². The van der Waals surface area contributed by atoms with Gasteiger partial charge in [0.2, 0.25) is 0 Å². The van der Waals surface area contributed by atoms with E-state index in [1.54, 1.807) is 6.21 Å². The maximum absolute atomic E-state index is 11.6. The molecule has 4 heteroatoms. The summed E-state index contributed by atoms with van der Waals surface area (Å²) < 4.78 is 23.1. The van der Waals surface area contributed by atoms with Crippen molar-refractivity contribution in [2.24, 2.45) is 4.99 Å². The van der Waals surface area contributed by atoms with Gasteiger partial charge in [-0.2, -0.15) is 0 Å². The van der Waals surface area contributed by atoms with Gasteiger partial charge in [-0.25, -0.2) is 8.42 Å². The fourth-order valence-corrected chi connectivity index (χ4v) is 3.08. The third kappa shape index (κ3) is 4.05. The fourth-order valence-electron chi connectivity index (χ4n) is 1.38. The van der Waals surface area contributed by atoms with Gasteiger partial charge in [0, 0.05) is 6.21 Å². The number of rotatable bonds is 5. The maximum Gasteiger partial charge on any atom is 0.152 e. The first-order valence-corrected chi connectivity index (χ1v) is 6.85. The van der Waals surface area contributed by atoms with Crippen molar-refractivity contribution < 1.29 is 8.42 Å². The van der Waals surface area contributed by atoms with Crippen LogP contribution in [0, 0.1) is 0 Å². The van der Waals surface area contributed by atoms with Gasteiger partial charge in [-0.1, -0.05) is 19.4 Å². The number of hydrogen-bond donors (Lipinski definition) is 0. The second-order valence-corrected chi connectivity index (χ2v) is 5.81. The fraction of sp³-hybridized carbons (Fsp3) is 0.700. The molecule has 0 spiro atoms. The number of sulfone groups is 1. The van der Waals surface area contributed by atoms with Crippen LogP contribution in [-0.2, 0) is 9.84 Å². The van der Waals surface area contributed by atoms with Crippen LogP contribution in [0.1, 0.15) is 26.2 Å². The zero-order valence-corrected chi connectivity index (χ0v) is 9.33. The Labute approximate surface area is 85.8 Å². The van der Waals surface area contributed by atoms with Gasteiger partial charge >= 0.3 is 0 Å². The van der Waals surface area contributed by atoms with E-state index in [-0.39, 0.29) is 11.8 Å². The van der Waals surface area contributed by atoms with Crippen molar-refractivity contribution in [3.8, 4) is 0 Å². The van der Waals surface area contributed by atoms with E-state index < -0.39 is 9.84 Å². The van der Waals surface area contributed by atoms with E-state index in [1.807, 2.05) is 19.1 Å². The van der Waals surface area contributed by atoms with Gasteiger partial charge in [-0.3, -0.25) is 4.99 Å². The molecular formula is C10H17NO2S. The molecule has 0 N–H and O–H groups in total. The summed E-state index contributed by atoms with van der Waals surface area (Å²) in [5.41, 5.74) is 0. The van der Waals surface area contributed by atoms with Crippen LogP contribution in [0.5, 0.6) is 0 Å². The first-order chi connectivity index (χ1) is 6.64. The highest BCUT2D eigenvalue weighted by Crippen LogP contribution is 2.08. The van der Waals surface area contributed by atoms with E-state index in [2.05, 4.69) is 4.99 Å². The summed E-state index contributed by atoms with van der Waals surface area (Å²) in [4.78, 5) is 4.13. The smallest absolute Gasteiger partial charge is 0.152 e. The predicted octanol–water partition coefficient (Wildman–Crippen LogP) is 1.60. The molecule has 0 amide bonds. The van der Waals surface area contributed by atoms with Gasteiger partial charge < -0.3 is 0 Å². The summed E-state index contributed by atoms with van der Waals surface area (Å²) in [6.07, 6.45) is 7.94. The predicted molar refractivity (Wildman–Crippen MR) is 59.6 cm³/mol. The van der Waals surface area contributed by atoms with Gasteiger partial charge in [0.05, 0.1) is 17.5 Å². The molecule has 14 heavy (non-hydrogen) atoms. The number of nitrogens with zero attached hydrogens (tertiary/aromatic N) is 1. The molecule has 1 heterocycles. The lowest BCUT2D eigenvalue weighted by Crippen LogP contribution is -2.22. The average Bonchev–Trinajstić information content (AvgIpc) is 2.16. The largest absolute Gasteiger partial charge is 0.288 e. The monoisotopic (exact) mass is 215 g/mol. The summed E-state index contributed by atoms with van der Waals surface area (Å²) in [5.74, 6) is 0.507. The Morgan fingerprint density at radius 2 is 2.29 bits per heavy atom. The number of unbranched alkanes of at least 4 members (excludes halogenated alkanes) is 1. The highest BCUT2D eigenvalue weighted by Gasteiger charge is 2.17. The van der Waals surface area contributed by atoms with E-state index in [1.165, 1.54) is 0 Å². The summed E-state index contributed by atoms with van der Waals surface area (Å²) in [7, 11) is -2.89. The molecule has 1 aliphatic heterocycles. The van der Waals surface area contributed by atoms with Crippen LogP contribution in [-0.4, -0.2) is 32.2 Å². The quantitative estimate of drug-likeness (QED) is 0.699. The lowest BCUT2D eigenvalue weighted by Gasteiger charge is -2.12. The lowest BCUT2D eigenvalue weighted by molar-refractivity contribution is 0.583. The van der Waals surface area contributed by atoms with Gasteiger partial charge in [-0.05, 0) is 18.9 Å². The molecule has 3 nitrogen and oxygen atoms in total. The molecule has 0 fully saturated rings. The van der Waals surface area contributed by atoms with Crippen molar-refractivity contribution in [2.75, 3.05) is 11.5 Å². The Balaban J connectivity index is 2.42. The standard InChI is InChI=1S/C10H17NO2S/c1-2-3-8-14(12,13)9-10-6-4-5-7-11-10/h4-5,7,10H,2-3,6,8-9H2,1H3. The minimum absolute atomic E-state index is 0.0538. The van der Waals surface area contributed by atoms with E-state index in [9.17, 15) is 8.42 Å². The molecule has 80 valence electrons. The second-order valence-electron chi connectivity index (χ2n) is 3.58. The van der Waals surface area contributed by atoms with Crippen molar-refractivity contribution in [3.05, 3.63) is 12.2 Å². The summed E-state index contributed by atoms with van der Waals surface area (Å²) in [5, 5.41) is 0. The van der Waals surface area contributed by atoms with E-state index in [0.717, 1.165) is 19.3 Å². The van der Waals surface area contributed by atoms with E-state index >= 15 is 0 Å². The van der Waals surface area contributed by atoms with Gasteiger partial charge in [0.1, 0.15) is 0 Å². The molecule has 0 saturated heterocycles. The Morgan fingerprint density at radius 3 is 2.86 bits per heavy atom. The summed E-state index contributed by atoms with van der Waals surface area (Å²) in [6, 6.07) is -0.0538. The molecule has 0 saturated carbocycles. The minimum Gasteiger partial charge on any atom is -0.288 e. The SMILES string of the molecule is CCCCS(=O)(=O)CC1CC=CC=N1. The molecule has 0 aromatic rings. The summed E-state index contributed by atoms with van der Waals surface area (Å²) in [6.45, 7) is 2.00. The second kappa shape index (κ2) is 5.29. The van der Waals surface area contributed by atoms with Gasteiger partial charge in [0.25, 0.3) is 0 Å². The lowest BCUT2D eigenvalue weighted by atomic mass is 10.2. The van der Waals surface area contributed by atoms with Crippen molar-refractivity contribution in [3.63, 3.8) is 0 Å². The van der Waals surface area contributed by atoms with Crippen LogP contribution in [0.15, 0.2) is 17.1 Å². The first-order valence-electron chi connectivity index (χ1n) is 5.03. The van der Waals surface area contributed by atoms with Crippen LogP contribution < -0.4 is 0 Å². The highest BCUT2D eigenvalue weighted by molar-refractivity contribution is 7.91. The average molecular weight is 215 g/mol. The van der Waals surface area contributed by atoms with Gasteiger partial charge in [-0.15, -0.1) is 0 Å². The molecule has 0 radical (unpaired) electrons. The molecule has 1 atom stereocenters.